The molecular weight excluding hydrogens is 246 g/mol. The molecule has 1 fully saturated rings. The van der Waals surface area contributed by atoms with Crippen LogP contribution >= 0.6 is 0 Å². The second kappa shape index (κ2) is 4.22. The number of aryl methyl sites for hydroxylation is 1. The van der Waals surface area contributed by atoms with Crippen LogP contribution in [0.5, 0.6) is 0 Å². The lowest BCUT2D eigenvalue weighted by Crippen LogP contribution is -2.24. The summed E-state index contributed by atoms with van der Waals surface area (Å²) in [6.45, 7) is 1.68. The molecule has 0 atom stereocenters. The monoisotopic (exact) mass is 261 g/mol. The van der Waals surface area contributed by atoms with Gasteiger partial charge in [0.25, 0.3) is 5.56 Å². The maximum absolute atomic E-state index is 12.3. The Bertz CT molecular complexity index is 710. The molecule has 2 heterocycles. The highest BCUT2D eigenvalue weighted by Gasteiger charge is 2.23. The Kier molecular flexibility index (Phi) is 2.66. The number of hydrogen-bond donors (Lipinski definition) is 2. The van der Waals surface area contributed by atoms with E-state index >= 15 is 0 Å². The average Bonchev–Trinajstić information content (AvgIpc) is 2.65. The number of nitrogens with zero attached hydrogens (tertiary/aromatic N) is 2. The van der Waals surface area contributed by atoms with Gasteiger partial charge in [0.2, 0.25) is 0 Å². The van der Waals surface area contributed by atoms with Crippen LogP contribution in [0.2, 0.25) is 0 Å². The molecule has 0 bridgehead atoms. The number of aromatic nitrogens is 3. The van der Waals surface area contributed by atoms with Crippen molar-refractivity contribution in [1.29, 1.82) is 0 Å². The first-order valence-electron chi connectivity index (χ1n) is 6.39. The standard InChI is InChI=1S/C13H15N3O3/c1-7-9(5-12(17)18)13(19)16-11(14-7)6-10(15-16)8-3-2-4-8/h6,8,15H,2-5H2,1H3,(H,17,18). The van der Waals surface area contributed by atoms with Gasteiger partial charge < -0.3 is 5.11 Å². The van der Waals surface area contributed by atoms with Gasteiger partial charge in [-0.2, -0.15) is 0 Å². The number of aliphatic carboxylic acids is 1. The van der Waals surface area contributed by atoms with Crippen LogP contribution < -0.4 is 5.56 Å². The highest BCUT2D eigenvalue weighted by atomic mass is 16.4. The van der Waals surface area contributed by atoms with E-state index in [0.29, 0.717) is 17.3 Å². The van der Waals surface area contributed by atoms with Crippen LogP contribution in [0.1, 0.15) is 42.1 Å². The van der Waals surface area contributed by atoms with E-state index in [9.17, 15) is 9.59 Å². The van der Waals surface area contributed by atoms with Crippen LogP contribution in [0, 0.1) is 6.92 Å². The molecule has 6 heteroatoms. The van der Waals surface area contributed by atoms with Crippen molar-refractivity contribution in [3.05, 3.63) is 33.4 Å². The fraction of sp³-hybridized carbons (Fsp3) is 0.462. The van der Waals surface area contributed by atoms with Crippen LogP contribution in [0.25, 0.3) is 5.65 Å². The highest BCUT2D eigenvalue weighted by molar-refractivity contribution is 5.70. The zero-order valence-electron chi connectivity index (χ0n) is 10.6. The fourth-order valence-corrected chi connectivity index (χ4v) is 2.47. The van der Waals surface area contributed by atoms with E-state index in [1.807, 2.05) is 6.07 Å². The van der Waals surface area contributed by atoms with Gasteiger partial charge in [0.15, 0.2) is 5.65 Å². The van der Waals surface area contributed by atoms with Crippen molar-refractivity contribution in [2.24, 2.45) is 0 Å². The minimum atomic E-state index is -1.02. The highest BCUT2D eigenvalue weighted by Crippen LogP contribution is 2.35. The quantitative estimate of drug-likeness (QED) is 0.869. The van der Waals surface area contributed by atoms with Crippen molar-refractivity contribution >= 4 is 11.6 Å². The minimum Gasteiger partial charge on any atom is -0.481 e. The van der Waals surface area contributed by atoms with E-state index in [1.54, 1.807) is 6.92 Å². The van der Waals surface area contributed by atoms with Crippen LogP contribution in [0.15, 0.2) is 10.9 Å². The smallest absolute Gasteiger partial charge is 0.308 e. The second-order valence-electron chi connectivity index (χ2n) is 5.08. The van der Waals surface area contributed by atoms with E-state index in [4.69, 9.17) is 5.11 Å². The van der Waals surface area contributed by atoms with Gasteiger partial charge in [-0.1, -0.05) is 6.42 Å². The number of carbonyl (C=O) groups is 1. The topological polar surface area (TPSA) is 87.5 Å². The van der Waals surface area contributed by atoms with Gasteiger partial charge in [0, 0.05) is 23.4 Å². The van der Waals surface area contributed by atoms with Crippen molar-refractivity contribution in [3.63, 3.8) is 0 Å². The lowest BCUT2D eigenvalue weighted by molar-refractivity contribution is -0.136. The molecule has 0 spiro atoms. The van der Waals surface area contributed by atoms with Gasteiger partial charge in [-0.15, -0.1) is 0 Å². The normalized spacial score (nSPS) is 15.6. The molecule has 0 aromatic carbocycles. The lowest BCUT2D eigenvalue weighted by Gasteiger charge is -2.23. The molecule has 0 amide bonds. The summed E-state index contributed by atoms with van der Waals surface area (Å²) in [7, 11) is 0. The van der Waals surface area contributed by atoms with Crippen molar-refractivity contribution in [3.8, 4) is 0 Å². The first kappa shape index (κ1) is 12.0. The Balaban J connectivity index is 2.14. The molecule has 3 rings (SSSR count). The molecule has 0 unspecified atom stereocenters. The van der Waals surface area contributed by atoms with Crippen LogP contribution in [-0.4, -0.2) is 25.7 Å². The Morgan fingerprint density at radius 3 is 2.89 bits per heavy atom. The zero-order valence-corrected chi connectivity index (χ0v) is 10.6. The summed E-state index contributed by atoms with van der Waals surface area (Å²) in [4.78, 5) is 27.4. The summed E-state index contributed by atoms with van der Waals surface area (Å²) in [6.07, 6.45) is 3.18. The van der Waals surface area contributed by atoms with Gasteiger partial charge in [-0.25, -0.2) is 9.50 Å². The third kappa shape index (κ3) is 1.93. The summed E-state index contributed by atoms with van der Waals surface area (Å²) < 4.78 is 1.36. The third-order valence-electron chi connectivity index (χ3n) is 3.81. The van der Waals surface area contributed by atoms with E-state index < -0.39 is 5.97 Å². The van der Waals surface area contributed by atoms with Crippen molar-refractivity contribution < 1.29 is 9.90 Å². The third-order valence-corrected chi connectivity index (χ3v) is 3.81. The first-order chi connectivity index (χ1) is 9.06. The van der Waals surface area contributed by atoms with Gasteiger partial charge in [0.05, 0.1) is 12.0 Å². The Hall–Kier alpha value is -2.11. The maximum Gasteiger partial charge on any atom is 0.308 e. The summed E-state index contributed by atoms with van der Waals surface area (Å²) in [5.74, 6) is -0.544. The van der Waals surface area contributed by atoms with Crippen LogP contribution in [0.3, 0.4) is 0 Å². The molecule has 100 valence electrons. The molecule has 6 nitrogen and oxygen atoms in total. The SMILES string of the molecule is Cc1nc2cc(C3CCC3)[nH]n2c(=O)c1CC(=O)O. The molecule has 2 aromatic heterocycles. The number of rotatable bonds is 3. The number of hydrogen-bond acceptors (Lipinski definition) is 3. The summed E-state index contributed by atoms with van der Waals surface area (Å²) in [5.41, 5.74) is 2.01. The van der Waals surface area contributed by atoms with Crippen LogP contribution in [0.4, 0.5) is 0 Å². The maximum atomic E-state index is 12.3. The molecule has 0 aliphatic heterocycles. The summed E-state index contributed by atoms with van der Waals surface area (Å²) >= 11 is 0. The van der Waals surface area contributed by atoms with Gasteiger partial charge in [-0.3, -0.25) is 14.7 Å². The molecule has 1 aliphatic rings. The molecule has 0 saturated heterocycles. The molecule has 1 saturated carbocycles. The predicted octanol–water partition coefficient (Wildman–Crippen LogP) is 1.23. The first-order valence-corrected chi connectivity index (χ1v) is 6.39. The predicted molar refractivity (Wildman–Crippen MR) is 68.5 cm³/mol. The van der Waals surface area contributed by atoms with Crippen molar-refractivity contribution in [1.82, 2.24) is 14.6 Å². The van der Waals surface area contributed by atoms with Gasteiger partial charge in [-0.05, 0) is 19.8 Å². The number of carboxylic acid groups (broad SMARTS) is 1. The molecule has 19 heavy (non-hydrogen) atoms. The second-order valence-corrected chi connectivity index (χ2v) is 5.08. The number of H-pyrrole nitrogens is 1. The number of aromatic amines is 1. The van der Waals surface area contributed by atoms with E-state index in [1.165, 1.54) is 10.9 Å². The Morgan fingerprint density at radius 2 is 2.32 bits per heavy atom. The molecule has 2 aromatic rings. The van der Waals surface area contributed by atoms with Gasteiger partial charge in [0.1, 0.15) is 0 Å². The zero-order chi connectivity index (χ0) is 13.6. The number of nitrogens with one attached hydrogen (secondary N) is 1. The Labute approximate surface area is 109 Å². The molecule has 0 radical (unpaired) electrons. The number of carboxylic acids is 1. The van der Waals surface area contributed by atoms with E-state index in [-0.39, 0.29) is 17.5 Å². The molecule has 2 N–H and O–H groups in total. The van der Waals surface area contributed by atoms with Crippen molar-refractivity contribution in [2.75, 3.05) is 0 Å². The van der Waals surface area contributed by atoms with Gasteiger partial charge >= 0.3 is 5.97 Å². The number of fused-ring (bicyclic) bond motifs is 1. The fourth-order valence-electron chi connectivity index (χ4n) is 2.47. The summed E-state index contributed by atoms with van der Waals surface area (Å²) in [5, 5.41) is 11.9. The Morgan fingerprint density at radius 1 is 1.58 bits per heavy atom. The minimum absolute atomic E-state index is 0.243. The van der Waals surface area contributed by atoms with Crippen LogP contribution in [-0.2, 0) is 11.2 Å². The van der Waals surface area contributed by atoms with E-state index in [2.05, 4.69) is 10.1 Å². The largest absolute Gasteiger partial charge is 0.481 e. The lowest BCUT2D eigenvalue weighted by atomic mass is 9.83. The molecule has 1 aliphatic carbocycles. The van der Waals surface area contributed by atoms with E-state index in [0.717, 1.165) is 18.5 Å². The average molecular weight is 261 g/mol. The molecular formula is C13H15N3O3. The van der Waals surface area contributed by atoms with Crippen molar-refractivity contribution in [2.45, 2.75) is 38.5 Å². The summed E-state index contributed by atoms with van der Waals surface area (Å²) in [6, 6.07) is 1.89.